The Balaban J connectivity index is 2.81. The zero-order valence-electron chi connectivity index (χ0n) is 10.2. The topological polar surface area (TPSA) is 72.5 Å². The summed E-state index contributed by atoms with van der Waals surface area (Å²) >= 11 is 5.72. The van der Waals surface area contributed by atoms with Gasteiger partial charge in [-0.05, 0) is 38.1 Å². The van der Waals surface area contributed by atoms with Crippen molar-refractivity contribution in [1.82, 2.24) is 4.72 Å². The lowest BCUT2D eigenvalue weighted by Gasteiger charge is -2.24. The van der Waals surface area contributed by atoms with E-state index in [0.717, 1.165) is 6.26 Å². The highest BCUT2D eigenvalue weighted by atomic mass is 35.5. The smallest absolute Gasteiger partial charge is 0.277 e. The number of hydrogen-bond acceptors (Lipinski definition) is 4. The fraction of sp³-hybridized carbons (Fsp3) is 0.364. The quantitative estimate of drug-likeness (QED) is 0.914. The molecule has 1 aromatic rings. The van der Waals surface area contributed by atoms with Gasteiger partial charge >= 0.3 is 0 Å². The summed E-state index contributed by atoms with van der Waals surface area (Å²) in [5.41, 5.74) is -1.31. The number of nitrogens with one attached hydrogen (secondary N) is 1. The first-order chi connectivity index (χ1) is 8.10. The average Bonchev–Trinajstić information content (AvgIpc) is 2.18. The molecule has 0 unspecified atom stereocenters. The number of hydrogen-bond donors (Lipinski definition) is 1. The molecule has 0 heterocycles. The van der Waals surface area contributed by atoms with E-state index in [-0.39, 0.29) is 0 Å². The Hall–Kier alpha value is -1.27. The molecular formula is C11H14ClNO4S. The molecule has 0 bridgehead atoms. The monoisotopic (exact) mass is 291 g/mol. The molecule has 0 aromatic heterocycles. The van der Waals surface area contributed by atoms with Crippen LogP contribution < -0.4 is 9.46 Å². The molecule has 1 rings (SSSR count). The van der Waals surface area contributed by atoms with Gasteiger partial charge in [0.05, 0.1) is 6.26 Å². The lowest BCUT2D eigenvalue weighted by Crippen LogP contribution is -2.48. The molecule has 0 aliphatic carbocycles. The van der Waals surface area contributed by atoms with Crippen molar-refractivity contribution in [3.8, 4) is 5.75 Å². The summed E-state index contributed by atoms with van der Waals surface area (Å²) in [6, 6.07) is 6.42. The standard InChI is InChI=1S/C11H14ClNO4S/c1-11(2,10(14)13-18(3,15)16)17-9-6-4-8(12)5-7-9/h4-7H,1-3H3,(H,13,14). The fourth-order valence-electron chi connectivity index (χ4n) is 1.13. The third-order valence-electron chi connectivity index (χ3n) is 2.01. The molecular weight excluding hydrogens is 278 g/mol. The molecule has 5 nitrogen and oxygen atoms in total. The second kappa shape index (κ2) is 5.16. The molecule has 100 valence electrons. The number of carbonyl (C=O) groups is 1. The first-order valence-corrected chi connectivity index (χ1v) is 7.34. The van der Waals surface area contributed by atoms with Gasteiger partial charge in [-0.1, -0.05) is 11.6 Å². The number of halogens is 1. The number of carbonyl (C=O) groups excluding carboxylic acids is 1. The van der Waals surface area contributed by atoms with E-state index in [1.54, 1.807) is 24.3 Å². The summed E-state index contributed by atoms with van der Waals surface area (Å²) < 4.78 is 29.3. The van der Waals surface area contributed by atoms with Crippen molar-refractivity contribution in [3.63, 3.8) is 0 Å². The van der Waals surface area contributed by atoms with E-state index in [9.17, 15) is 13.2 Å². The van der Waals surface area contributed by atoms with Gasteiger partial charge in [0, 0.05) is 5.02 Å². The molecule has 7 heteroatoms. The summed E-state index contributed by atoms with van der Waals surface area (Å²) in [5.74, 6) is -0.312. The van der Waals surface area contributed by atoms with Crippen LogP contribution in [0.3, 0.4) is 0 Å². The minimum Gasteiger partial charge on any atom is -0.478 e. The van der Waals surface area contributed by atoms with Crippen LogP contribution in [0.5, 0.6) is 5.75 Å². The SMILES string of the molecule is CC(C)(Oc1ccc(Cl)cc1)C(=O)NS(C)(=O)=O. The summed E-state index contributed by atoms with van der Waals surface area (Å²) in [5, 5.41) is 0.542. The largest absolute Gasteiger partial charge is 0.478 e. The summed E-state index contributed by atoms with van der Waals surface area (Å²) in [6.45, 7) is 2.95. The second-order valence-electron chi connectivity index (χ2n) is 4.27. The molecule has 0 aliphatic heterocycles. The number of sulfonamides is 1. The van der Waals surface area contributed by atoms with Crippen molar-refractivity contribution in [1.29, 1.82) is 0 Å². The first-order valence-electron chi connectivity index (χ1n) is 5.07. The van der Waals surface area contributed by atoms with Gasteiger partial charge < -0.3 is 4.74 Å². The zero-order chi connectivity index (χ0) is 14.0. The number of amides is 1. The molecule has 0 saturated carbocycles. The maximum atomic E-state index is 11.7. The minimum atomic E-state index is -3.61. The molecule has 18 heavy (non-hydrogen) atoms. The highest BCUT2D eigenvalue weighted by Crippen LogP contribution is 2.21. The first kappa shape index (κ1) is 14.8. The highest BCUT2D eigenvalue weighted by molar-refractivity contribution is 7.89. The minimum absolute atomic E-state index is 0.424. The van der Waals surface area contributed by atoms with Gasteiger partial charge in [0.25, 0.3) is 5.91 Å². The van der Waals surface area contributed by atoms with E-state index < -0.39 is 21.5 Å². The van der Waals surface area contributed by atoms with Crippen molar-refractivity contribution in [2.75, 3.05) is 6.26 Å². The van der Waals surface area contributed by atoms with Gasteiger partial charge in [0.1, 0.15) is 5.75 Å². The van der Waals surface area contributed by atoms with E-state index in [1.165, 1.54) is 13.8 Å². The van der Waals surface area contributed by atoms with E-state index >= 15 is 0 Å². The fourth-order valence-corrected chi connectivity index (χ4v) is 1.84. The Labute approximate surface area is 111 Å². The normalized spacial score (nSPS) is 12.0. The summed E-state index contributed by atoms with van der Waals surface area (Å²) in [4.78, 5) is 11.7. The summed E-state index contributed by atoms with van der Waals surface area (Å²) in [6.07, 6.45) is 0.906. The number of rotatable bonds is 4. The Kier molecular flexibility index (Phi) is 4.24. The van der Waals surface area contributed by atoms with Gasteiger partial charge in [-0.25, -0.2) is 13.1 Å². The third kappa shape index (κ3) is 4.54. The van der Waals surface area contributed by atoms with E-state index in [1.807, 2.05) is 4.72 Å². The third-order valence-corrected chi connectivity index (χ3v) is 2.82. The van der Waals surface area contributed by atoms with Crippen LogP contribution in [0.2, 0.25) is 5.02 Å². The maximum Gasteiger partial charge on any atom is 0.277 e. The van der Waals surface area contributed by atoms with E-state index in [2.05, 4.69) is 0 Å². The molecule has 0 aliphatic rings. The number of benzene rings is 1. The van der Waals surface area contributed by atoms with Gasteiger partial charge in [0.15, 0.2) is 5.60 Å². The predicted octanol–water partition coefficient (Wildman–Crippen LogP) is 1.57. The van der Waals surface area contributed by atoms with Crippen LogP contribution in [-0.2, 0) is 14.8 Å². The molecule has 0 radical (unpaired) electrons. The molecule has 0 saturated heterocycles. The van der Waals surface area contributed by atoms with Gasteiger partial charge in [0.2, 0.25) is 10.0 Å². The highest BCUT2D eigenvalue weighted by Gasteiger charge is 2.31. The Morgan fingerprint density at radius 2 is 1.78 bits per heavy atom. The van der Waals surface area contributed by atoms with Crippen molar-refractivity contribution in [2.45, 2.75) is 19.4 Å². The molecule has 0 spiro atoms. The van der Waals surface area contributed by atoms with Crippen molar-refractivity contribution in [3.05, 3.63) is 29.3 Å². The van der Waals surface area contributed by atoms with Crippen molar-refractivity contribution in [2.24, 2.45) is 0 Å². The van der Waals surface area contributed by atoms with Crippen molar-refractivity contribution < 1.29 is 17.9 Å². The second-order valence-corrected chi connectivity index (χ2v) is 6.45. The van der Waals surface area contributed by atoms with Crippen molar-refractivity contribution >= 4 is 27.5 Å². The zero-order valence-corrected chi connectivity index (χ0v) is 11.8. The van der Waals surface area contributed by atoms with E-state index in [0.29, 0.717) is 10.8 Å². The Morgan fingerprint density at radius 3 is 2.22 bits per heavy atom. The lowest BCUT2D eigenvalue weighted by atomic mass is 10.1. The van der Waals surface area contributed by atoms with Crippen LogP contribution in [0.15, 0.2) is 24.3 Å². The van der Waals surface area contributed by atoms with Gasteiger partial charge in [-0.2, -0.15) is 0 Å². The van der Waals surface area contributed by atoms with Crippen LogP contribution in [0.4, 0.5) is 0 Å². The average molecular weight is 292 g/mol. The molecule has 0 atom stereocenters. The van der Waals surface area contributed by atoms with Crippen LogP contribution in [-0.4, -0.2) is 26.2 Å². The summed E-state index contributed by atoms with van der Waals surface area (Å²) in [7, 11) is -3.61. The Morgan fingerprint density at radius 1 is 1.28 bits per heavy atom. The maximum absolute atomic E-state index is 11.7. The van der Waals surface area contributed by atoms with Crippen LogP contribution in [0, 0.1) is 0 Å². The molecule has 1 amide bonds. The lowest BCUT2D eigenvalue weighted by molar-refractivity contribution is -0.132. The Bertz CT molecular complexity index is 537. The van der Waals surface area contributed by atoms with Crippen LogP contribution in [0.25, 0.3) is 0 Å². The molecule has 1 N–H and O–H groups in total. The van der Waals surface area contributed by atoms with Gasteiger partial charge in [-0.15, -0.1) is 0 Å². The van der Waals surface area contributed by atoms with E-state index in [4.69, 9.17) is 16.3 Å². The molecule has 1 aromatic carbocycles. The van der Waals surface area contributed by atoms with Crippen LogP contribution >= 0.6 is 11.6 Å². The predicted molar refractivity (Wildman–Crippen MR) is 69.1 cm³/mol. The van der Waals surface area contributed by atoms with Crippen LogP contribution in [0.1, 0.15) is 13.8 Å². The van der Waals surface area contributed by atoms with Gasteiger partial charge in [-0.3, -0.25) is 4.79 Å². The number of ether oxygens (including phenoxy) is 1. The molecule has 0 fully saturated rings.